The smallest absolute Gasteiger partial charge is 0.0683 e. The number of hydrogen-bond donors (Lipinski definition) is 0. The van der Waals surface area contributed by atoms with Gasteiger partial charge in [-0.05, 0) is 32.9 Å². The van der Waals surface area contributed by atoms with Crippen LogP contribution in [0.4, 0.5) is 0 Å². The molecule has 0 amide bonds. The quantitative estimate of drug-likeness (QED) is 0.472. The first kappa shape index (κ1) is 6.64. The maximum atomic E-state index is 5.26. The van der Waals surface area contributed by atoms with Gasteiger partial charge in [0.25, 0.3) is 0 Å². The van der Waals surface area contributed by atoms with Crippen molar-refractivity contribution in [1.29, 1.82) is 0 Å². The van der Waals surface area contributed by atoms with E-state index in [1.807, 2.05) is 0 Å². The third-order valence-corrected chi connectivity index (χ3v) is 1.93. The average Bonchev–Trinajstić information content (AvgIpc) is 2.37. The molecule has 1 atom stereocenters. The molecule has 1 heterocycles. The van der Waals surface area contributed by atoms with Crippen molar-refractivity contribution in [3.05, 3.63) is 0 Å². The van der Waals surface area contributed by atoms with Gasteiger partial charge in [-0.1, -0.05) is 5.92 Å². The fourth-order valence-electron chi connectivity index (χ4n) is 1.23. The Labute approximate surface area is 57.0 Å². The van der Waals surface area contributed by atoms with Gasteiger partial charge in [0.2, 0.25) is 0 Å². The van der Waals surface area contributed by atoms with Crippen LogP contribution in [0.1, 0.15) is 19.8 Å². The first-order valence-corrected chi connectivity index (χ1v) is 3.55. The van der Waals surface area contributed by atoms with Crippen molar-refractivity contribution in [3.63, 3.8) is 0 Å². The van der Waals surface area contributed by atoms with Crippen molar-refractivity contribution in [2.24, 2.45) is 0 Å². The molecule has 0 aromatic carbocycles. The van der Waals surface area contributed by atoms with Crippen LogP contribution in [0.5, 0.6) is 0 Å². The van der Waals surface area contributed by atoms with E-state index in [1.54, 1.807) is 0 Å². The monoisotopic (exact) mass is 123 g/mol. The van der Waals surface area contributed by atoms with E-state index in [1.165, 1.54) is 25.9 Å². The summed E-state index contributed by atoms with van der Waals surface area (Å²) >= 11 is 0. The zero-order valence-electron chi connectivity index (χ0n) is 5.93. The standard InChI is InChI=1S/C8H13N/c1-3-8(2)9-6-4-5-7-9/h1,8H,4-7H2,2H3. The molecule has 1 saturated heterocycles. The van der Waals surface area contributed by atoms with E-state index >= 15 is 0 Å². The Bertz CT molecular complexity index is 117. The van der Waals surface area contributed by atoms with Crippen molar-refractivity contribution < 1.29 is 0 Å². The van der Waals surface area contributed by atoms with Crippen LogP contribution in [0, 0.1) is 12.3 Å². The Kier molecular flexibility index (Phi) is 2.13. The molecule has 0 bridgehead atoms. The lowest BCUT2D eigenvalue weighted by Crippen LogP contribution is -2.28. The van der Waals surface area contributed by atoms with Crippen LogP contribution in [-0.2, 0) is 0 Å². The molecule has 9 heavy (non-hydrogen) atoms. The van der Waals surface area contributed by atoms with E-state index in [4.69, 9.17) is 6.42 Å². The van der Waals surface area contributed by atoms with Gasteiger partial charge in [0, 0.05) is 0 Å². The second-order valence-electron chi connectivity index (χ2n) is 2.59. The summed E-state index contributed by atoms with van der Waals surface area (Å²) in [6.45, 7) is 4.49. The van der Waals surface area contributed by atoms with Crippen LogP contribution < -0.4 is 0 Å². The van der Waals surface area contributed by atoms with Crippen molar-refractivity contribution >= 4 is 0 Å². The zero-order valence-corrected chi connectivity index (χ0v) is 5.93. The molecular formula is C8H13N. The predicted molar refractivity (Wildman–Crippen MR) is 39.1 cm³/mol. The van der Waals surface area contributed by atoms with Gasteiger partial charge in [0.05, 0.1) is 6.04 Å². The summed E-state index contributed by atoms with van der Waals surface area (Å²) in [7, 11) is 0. The molecule has 1 aliphatic heterocycles. The molecule has 1 nitrogen and oxygen atoms in total. The lowest BCUT2D eigenvalue weighted by atomic mass is 10.3. The normalized spacial score (nSPS) is 23.6. The zero-order chi connectivity index (χ0) is 6.69. The Morgan fingerprint density at radius 3 is 2.44 bits per heavy atom. The minimum Gasteiger partial charge on any atom is -0.290 e. The molecule has 1 rings (SSSR count). The molecule has 0 aliphatic carbocycles. The third-order valence-electron chi connectivity index (χ3n) is 1.93. The molecule has 1 aliphatic rings. The van der Waals surface area contributed by atoms with E-state index in [0.717, 1.165) is 0 Å². The SMILES string of the molecule is C#CC(C)N1CCCC1. The molecular weight excluding hydrogens is 110 g/mol. The summed E-state index contributed by atoms with van der Waals surface area (Å²) in [6, 6.07) is 0.354. The maximum absolute atomic E-state index is 5.26. The number of likely N-dealkylation sites (tertiary alicyclic amines) is 1. The maximum Gasteiger partial charge on any atom is 0.0683 e. The molecule has 1 fully saturated rings. The van der Waals surface area contributed by atoms with Crippen LogP contribution in [0.3, 0.4) is 0 Å². The molecule has 50 valence electrons. The van der Waals surface area contributed by atoms with Gasteiger partial charge in [0.15, 0.2) is 0 Å². The second kappa shape index (κ2) is 2.89. The molecule has 0 spiro atoms. The highest BCUT2D eigenvalue weighted by Crippen LogP contribution is 2.09. The summed E-state index contributed by atoms with van der Waals surface area (Å²) in [5, 5.41) is 0. The van der Waals surface area contributed by atoms with Crippen LogP contribution in [-0.4, -0.2) is 24.0 Å². The first-order valence-electron chi connectivity index (χ1n) is 3.55. The highest BCUT2D eigenvalue weighted by molar-refractivity contribution is 4.98. The van der Waals surface area contributed by atoms with E-state index in [0.29, 0.717) is 6.04 Å². The number of hydrogen-bond acceptors (Lipinski definition) is 1. The topological polar surface area (TPSA) is 3.24 Å². The lowest BCUT2D eigenvalue weighted by Gasteiger charge is -2.17. The minimum absolute atomic E-state index is 0.354. The number of nitrogens with zero attached hydrogens (tertiary/aromatic N) is 1. The Hall–Kier alpha value is -0.480. The number of terminal acetylenes is 1. The second-order valence-corrected chi connectivity index (χ2v) is 2.59. The minimum atomic E-state index is 0.354. The summed E-state index contributed by atoms with van der Waals surface area (Å²) in [5.74, 6) is 2.73. The van der Waals surface area contributed by atoms with Gasteiger partial charge in [-0.25, -0.2) is 0 Å². The molecule has 1 heteroatoms. The van der Waals surface area contributed by atoms with Crippen LogP contribution in [0.2, 0.25) is 0 Å². The summed E-state index contributed by atoms with van der Waals surface area (Å²) in [5.41, 5.74) is 0. The molecule has 0 saturated carbocycles. The summed E-state index contributed by atoms with van der Waals surface area (Å²) in [4.78, 5) is 2.35. The highest BCUT2D eigenvalue weighted by atomic mass is 15.2. The van der Waals surface area contributed by atoms with E-state index in [2.05, 4.69) is 17.7 Å². The van der Waals surface area contributed by atoms with E-state index in [-0.39, 0.29) is 0 Å². The highest BCUT2D eigenvalue weighted by Gasteiger charge is 2.14. The number of rotatable bonds is 1. The van der Waals surface area contributed by atoms with Gasteiger partial charge in [-0.2, -0.15) is 0 Å². The van der Waals surface area contributed by atoms with Gasteiger partial charge < -0.3 is 0 Å². The first-order chi connectivity index (χ1) is 4.34. The van der Waals surface area contributed by atoms with Gasteiger partial charge in [-0.3, -0.25) is 4.90 Å². The van der Waals surface area contributed by atoms with Crippen LogP contribution in [0.25, 0.3) is 0 Å². The van der Waals surface area contributed by atoms with E-state index < -0.39 is 0 Å². The summed E-state index contributed by atoms with van der Waals surface area (Å²) < 4.78 is 0. The summed E-state index contributed by atoms with van der Waals surface area (Å²) in [6.07, 6.45) is 7.91. The van der Waals surface area contributed by atoms with Crippen LogP contribution >= 0.6 is 0 Å². The fourth-order valence-corrected chi connectivity index (χ4v) is 1.23. The predicted octanol–water partition coefficient (Wildman–Crippen LogP) is 1.10. The fraction of sp³-hybridized carbons (Fsp3) is 0.750. The largest absolute Gasteiger partial charge is 0.290 e. The molecule has 0 aromatic rings. The van der Waals surface area contributed by atoms with Crippen molar-refractivity contribution in [3.8, 4) is 12.3 Å². The Morgan fingerprint density at radius 2 is 2.00 bits per heavy atom. The van der Waals surface area contributed by atoms with Crippen molar-refractivity contribution in [1.82, 2.24) is 4.90 Å². The van der Waals surface area contributed by atoms with Crippen molar-refractivity contribution in [2.45, 2.75) is 25.8 Å². The Balaban J connectivity index is 2.34. The van der Waals surface area contributed by atoms with Gasteiger partial charge >= 0.3 is 0 Å². The Morgan fingerprint density at radius 1 is 1.44 bits per heavy atom. The molecule has 0 aromatic heterocycles. The van der Waals surface area contributed by atoms with Crippen LogP contribution in [0.15, 0.2) is 0 Å². The van der Waals surface area contributed by atoms with Crippen molar-refractivity contribution in [2.75, 3.05) is 13.1 Å². The van der Waals surface area contributed by atoms with Gasteiger partial charge in [0.1, 0.15) is 0 Å². The average molecular weight is 123 g/mol. The molecule has 0 N–H and O–H groups in total. The van der Waals surface area contributed by atoms with E-state index in [9.17, 15) is 0 Å². The third kappa shape index (κ3) is 1.46. The van der Waals surface area contributed by atoms with Gasteiger partial charge in [-0.15, -0.1) is 6.42 Å². The molecule has 0 radical (unpaired) electrons. The lowest BCUT2D eigenvalue weighted by molar-refractivity contribution is 0.308. The molecule has 1 unspecified atom stereocenters.